The number of methoxy groups -OCH3 is 1. The highest BCUT2D eigenvalue weighted by Crippen LogP contribution is 2.22. The molecule has 1 aliphatic rings. The van der Waals surface area contributed by atoms with Crippen LogP contribution in [0.25, 0.3) is 11.5 Å². The van der Waals surface area contributed by atoms with E-state index in [0.29, 0.717) is 17.2 Å². The fourth-order valence-electron chi connectivity index (χ4n) is 2.79. The number of hydrogen-bond acceptors (Lipinski definition) is 7. The van der Waals surface area contributed by atoms with Crippen molar-refractivity contribution in [2.24, 2.45) is 0 Å². The average molecular weight is 407 g/mol. The SMILES string of the molecule is COc1ccc(-c2nc(CS(=O)(=O)CCN3C(=O)NC(C)(C)C3=O)co2)cc1. The smallest absolute Gasteiger partial charge is 0.325 e. The van der Waals surface area contributed by atoms with Crippen LogP contribution >= 0.6 is 0 Å². The Bertz CT molecular complexity index is 995. The molecule has 10 heteroatoms. The molecule has 3 rings (SSSR count). The van der Waals surface area contributed by atoms with Gasteiger partial charge in [0.05, 0.1) is 24.3 Å². The number of rotatable bonds is 7. The minimum Gasteiger partial charge on any atom is -0.497 e. The maximum absolute atomic E-state index is 12.4. The van der Waals surface area contributed by atoms with Crippen molar-refractivity contribution in [1.82, 2.24) is 15.2 Å². The van der Waals surface area contributed by atoms with Gasteiger partial charge in [-0.2, -0.15) is 0 Å². The number of urea groups is 1. The van der Waals surface area contributed by atoms with Gasteiger partial charge in [-0.3, -0.25) is 9.69 Å². The number of benzene rings is 1. The number of nitrogens with zero attached hydrogens (tertiary/aromatic N) is 2. The molecule has 0 bridgehead atoms. The summed E-state index contributed by atoms with van der Waals surface area (Å²) in [6, 6.07) is 6.41. The molecule has 28 heavy (non-hydrogen) atoms. The average Bonchev–Trinajstić information content (AvgIpc) is 3.15. The van der Waals surface area contributed by atoms with E-state index in [4.69, 9.17) is 9.15 Å². The van der Waals surface area contributed by atoms with E-state index in [-0.39, 0.29) is 23.7 Å². The number of imide groups is 1. The number of nitrogens with one attached hydrogen (secondary N) is 1. The fourth-order valence-corrected chi connectivity index (χ4v) is 3.98. The zero-order chi connectivity index (χ0) is 20.5. The minimum atomic E-state index is -3.60. The number of ether oxygens (including phenoxy) is 1. The fraction of sp³-hybridized carbons (Fsp3) is 0.389. The first-order chi connectivity index (χ1) is 13.1. The van der Waals surface area contributed by atoms with Gasteiger partial charge >= 0.3 is 6.03 Å². The summed E-state index contributed by atoms with van der Waals surface area (Å²) in [5, 5.41) is 2.51. The topological polar surface area (TPSA) is 119 Å². The molecule has 3 amide bonds. The molecule has 0 atom stereocenters. The van der Waals surface area contributed by atoms with Crippen molar-refractivity contribution < 1.29 is 27.2 Å². The van der Waals surface area contributed by atoms with Crippen molar-refractivity contribution in [3.8, 4) is 17.2 Å². The van der Waals surface area contributed by atoms with E-state index in [9.17, 15) is 18.0 Å². The van der Waals surface area contributed by atoms with E-state index in [2.05, 4.69) is 10.3 Å². The first kappa shape index (κ1) is 19.9. The number of sulfone groups is 1. The van der Waals surface area contributed by atoms with Crippen molar-refractivity contribution in [3.63, 3.8) is 0 Å². The van der Waals surface area contributed by atoms with E-state index < -0.39 is 27.3 Å². The van der Waals surface area contributed by atoms with Gasteiger partial charge in [0, 0.05) is 12.1 Å². The Hall–Kier alpha value is -2.88. The van der Waals surface area contributed by atoms with Gasteiger partial charge in [-0.05, 0) is 38.1 Å². The second kappa shape index (κ2) is 7.27. The highest BCUT2D eigenvalue weighted by Gasteiger charge is 2.44. The van der Waals surface area contributed by atoms with Crippen LogP contribution in [0.5, 0.6) is 5.75 Å². The quantitative estimate of drug-likeness (QED) is 0.692. The molecule has 0 aliphatic carbocycles. The summed E-state index contributed by atoms with van der Waals surface area (Å²) in [5.41, 5.74) is -0.0883. The Kier molecular flexibility index (Phi) is 5.16. The third-order valence-corrected chi connectivity index (χ3v) is 5.87. The molecule has 0 radical (unpaired) electrons. The number of carbonyl (C=O) groups is 2. The van der Waals surface area contributed by atoms with Crippen molar-refractivity contribution in [2.45, 2.75) is 25.1 Å². The Labute approximate surface area is 162 Å². The van der Waals surface area contributed by atoms with Crippen LogP contribution < -0.4 is 10.1 Å². The first-order valence-corrected chi connectivity index (χ1v) is 10.4. The molecule has 150 valence electrons. The van der Waals surface area contributed by atoms with Crippen molar-refractivity contribution >= 4 is 21.8 Å². The highest BCUT2D eigenvalue weighted by atomic mass is 32.2. The maximum Gasteiger partial charge on any atom is 0.325 e. The third-order valence-electron chi connectivity index (χ3n) is 4.33. The lowest BCUT2D eigenvalue weighted by Gasteiger charge is -2.15. The predicted octanol–water partition coefficient (Wildman–Crippen LogP) is 1.60. The summed E-state index contributed by atoms with van der Waals surface area (Å²) >= 11 is 0. The first-order valence-electron chi connectivity index (χ1n) is 8.55. The minimum absolute atomic E-state index is 0.209. The van der Waals surface area contributed by atoms with E-state index in [1.54, 1.807) is 45.2 Å². The molecule has 1 N–H and O–H groups in total. The van der Waals surface area contributed by atoms with Gasteiger partial charge in [0.2, 0.25) is 5.89 Å². The van der Waals surface area contributed by atoms with E-state index >= 15 is 0 Å². The van der Waals surface area contributed by atoms with Gasteiger partial charge in [-0.15, -0.1) is 0 Å². The molecule has 0 unspecified atom stereocenters. The molecule has 2 heterocycles. The van der Waals surface area contributed by atoms with Crippen molar-refractivity contribution in [1.29, 1.82) is 0 Å². The van der Waals surface area contributed by atoms with Crippen LogP contribution in [0.15, 0.2) is 34.9 Å². The van der Waals surface area contributed by atoms with Crippen LogP contribution in [0.1, 0.15) is 19.5 Å². The number of oxazole rings is 1. The maximum atomic E-state index is 12.4. The summed E-state index contributed by atoms with van der Waals surface area (Å²) in [7, 11) is -2.04. The summed E-state index contributed by atoms with van der Waals surface area (Å²) < 4.78 is 35.2. The lowest BCUT2D eigenvalue weighted by molar-refractivity contribution is -0.130. The summed E-state index contributed by atoms with van der Waals surface area (Å²) in [4.78, 5) is 29.1. The van der Waals surface area contributed by atoms with E-state index in [0.717, 1.165) is 4.90 Å². The molecule has 1 aromatic carbocycles. The van der Waals surface area contributed by atoms with E-state index in [1.165, 1.54) is 6.26 Å². The lowest BCUT2D eigenvalue weighted by Crippen LogP contribution is -2.41. The Morgan fingerprint density at radius 1 is 1.21 bits per heavy atom. The molecule has 1 fully saturated rings. The summed E-state index contributed by atoms with van der Waals surface area (Å²) in [5.74, 6) is -0.173. The van der Waals surface area contributed by atoms with Gasteiger partial charge in [-0.25, -0.2) is 18.2 Å². The number of amides is 3. The molecular weight excluding hydrogens is 386 g/mol. The second-order valence-corrected chi connectivity index (χ2v) is 9.16. The van der Waals surface area contributed by atoms with Crippen LogP contribution in [0.3, 0.4) is 0 Å². The largest absolute Gasteiger partial charge is 0.497 e. The van der Waals surface area contributed by atoms with Gasteiger partial charge in [0.1, 0.15) is 17.6 Å². The Morgan fingerprint density at radius 2 is 1.89 bits per heavy atom. The van der Waals surface area contributed by atoms with E-state index in [1.807, 2.05) is 0 Å². The third kappa shape index (κ3) is 4.16. The summed E-state index contributed by atoms with van der Waals surface area (Å²) in [6.45, 7) is 2.93. The monoisotopic (exact) mass is 407 g/mol. The van der Waals surface area contributed by atoms with Crippen LogP contribution in [0.2, 0.25) is 0 Å². The second-order valence-electron chi connectivity index (χ2n) is 6.98. The molecule has 0 spiro atoms. The van der Waals surface area contributed by atoms with Crippen molar-refractivity contribution in [2.75, 3.05) is 19.4 Å². The van der Waals surface area contributed by atoms with Gasteiger partial charge in [0.25, 0.3) is 5.91 Å². The van der Waals surface area contributed by atoms with Crippen LogP contribution in [-0.2, 0) is 20.4 Å². The Morgan fingerprint density at radius 3 is 2.46 bits per heavy atom. The Balaban J connectivity index is 1.64. The molecule has 9 nitrogen and oxygen atoms in total. The molecule has 1 saturated heterocycles. The molecule has 1 aliphatic heterocycles. The lowest BCUT2D eigenvalue weighted by atomic mass is 10.1. The van der Waals surface area contributed by atoms with Crippen LogP contribution in [0.4, 0.5) is 4.79 Å². The van der Waals surface area contributed by atoms with Gasteiger partial charge in [0.15, 0.2) is 9.84 Å². The standard InChI is InChI=1S/C18H21N3O6S/c1-18(2)16(22)21(17(23)20-18)8-9-28(24,25)11-13-10-27-15(19-13)12-4-6-14(26-3)7-5-12/h4-7,10H,8-9,11H2,1-3H3,(H,20,23). The van der Waals surface area contributed by atoms with Crippen LogP contribution in [0, 0.1) is 0 Å². The molecule has 0 saturated carbocycles. The number of carbonyl (C=O) groups excluding carboxylic acids is 2. The van der Waals surface area contributed by atoms with Gasteiger partial charge < -0.3 is 14.5 Å². The van der Waals surface area contributed by atoms with Crippen LogP contribution in [-0.4, -0.2) is 55.2 Å². The number of aromatic nitrogens is 1. The van der Waals surface area contributed by atoms with Crippen molar-refractivity contribution in [3.05, 3.63) is 36.2 Å². The predicted molar refractivity (Wildman–Crippen MR) is 100 cm³/mol. The highest BCUT2D eigenvalue weighted by molar-refractivity contribution is 7.90. The normalized spacial score (nSPS) is 16.3. The molecule has 1 aromatic heterocycles. The zero-order valence-electron chi connectivity index (χ0n) is 15.8. The number of hydrogen-bond donors (Lipinski definition) is 1. The molecular formula is C18H21N3O6S. The molecule has 2 aromatic rings. The zero-order valence-corrected chi connectivity index (χ0v) is 16.6. The summed E-state index contributed by atoms with van der Waals surface area (Å²) in [6.07, 6.45) is 1.29. The van der Waals surface area contributed by atoms with Gasteiger partial charge in [-0.1, -0.05) is 0 Å².